The van der Waals surface area contributed by atoms with Crippen molar-refractivity contribution in [2.24, 2.45) is 0 Å². The molecular formula is C30H35BrN2O2S. The summed E-state index contributed by atoms with van der Waals surface area (Å²) >= 11 is 5.12. The molecule has 0 aliphatic carbocycles. The molecule has 1 atom stereocenters. The molecular weight excluding hydrogens is 532 g/mol. The Bertz CT molecular complexity index is 1110. The zero-order valence-corrected chi connectivity index (χ0v) is 23.5. The van der Waals surface area contributed by atoms with Crippen LogP contribution in [0, 0.1) is 6.92 Å². The minimum absolute atomic E-state index is 0.0290. The van der Waals surface area contributed by atoms with Crippen molar-refractivity contribution in [3.8, 4) is 0 Å². The number of benzene rings is 3. The van der Waals surface area contributed by atoms with Gasteiger partial charge in [0.15, 0.2) is 0 Å². The number of thioether (sulfide) groups is 1. The highest BCUT2D eigenvalue weighted by Crippen LogP contribution is 2.20. The van der Waals surface area contributed by atoms with Crippen LogP contribution < -0.4 is 5.32 Å². The second-order valence-corrected chi connectivity index (χ2v) is 10.9. The van der Waals surface area contributed by atoms with E-state index in [9.17, 15) is 9.59 Å². The maximum atomic E-state index is 13.7. The lowest BCUT2D eigenvalue weighted by Crippen LogP contribution is -2.51. The highest BCUT2D eigenvalue weighted by molar-refractivity contribution is 9.10. The van der Waals surface area contributed by atoms with Crippen LogP contribution >= 0.6 is 27.7 Å². The lowest BCUT2D eigenvalue weighted by molar-refractivity contribution is -0.139. The molecule has 3 aromatic rings. The van der Waals surface area contributed by atoms with Gasteiger partial charge in [-0.25, -0.2) is 0 Å². The zero-order chi connectivity index (χ0) is 25.8. The molecule has 0 unspecified atom stereocenters. The predicted octanol–water partition coefficient (Wildman–Crippen LogP) is 6.55. The van der Waals surface area contributed by atoms with Gasteiger partial charge in [-0.15, -0.1) is 11.8 Å². The molecule has 0 aliphatic rings. The van der Waals surface area contributed by atoms with Crippen molar-refractivity contribution < 1.29 is 9.59 Å². The van der Waals surface area contributed by atoms with Gasteiger partial charge >= 0.3 is 0 Å². The van der Waals surface area contributed by atoms with Crippen molar-refractivity contribution >= 4 is 39.5 Å². The van der Waals surface area contributed by atoms with Crippen molar-refractivity contribution in [3.05, 3.63) is 106 Å². The van der Waals surface area contributed by atoms with E-state index in [0.717, 1.165) is 34.2 Å². The van der Waals surface area contributed by atoms with Crippen molar-refractivity contribution in [2.75, 3.05) is 12.3 Å². The third-order valence-corrected chi connectivity index (χ3v) is 7.44. The first kappa shape index (κ1) is 28.0. The summed E-state index contributed by atoms with van der Waals surface area (Å²) in [5, 5.41) is 3.07. The van der Waals surface area contributed by atoms with Crippen molar-refractivity contribution in [2.45, 2.75) is 51.4 Å². The fourth-order valence-electron chi connectivity index (χ4n) is 3.92. The van der Waals surface area contributed by atoms with E-state index in [1.807, 2.05) is 54.6 Å². The third-order valence-electron chi connectivity index (χ3n) is 5.96. The van der Waals surface area contributed by atoms with E-state index in [0.29, 0.717) is 25.3 Å². The number of hydrogen-bond donors (Lipinski definition) is 1. The lowest BCUT2D eigenvalue weighted by Gasteiger charge is -2.31. The summed E-state index contributed by atoms with van der Waals surface area (Å²) < 4.78 is 0.952. The molecule has 2 amide bonds. The van der Waals surface area contributed by atoms with Crippen molar-refractivity contribution in [1.82, 2.24) is 10.2 Å². The molecule has 3 rings (SSSR count). The van der Waals surface area contributed by atoms with Gasteiger partial charge in [0.05, 0.1) is 5.75 Å². The predicted molar refractivity (Wildman–Crippen MR) is 154 cm³/mol. The molecule has 0 saturated heterocycles. The first-order valence-electron chi connectivity index (χ1n) is 12.4. The number of aryl methyl sites for hydroxylation is 1. The summed E-state index contributed by atoms with van der Waals surface area (Å²) in [5.41, 5.74) is 4.43. The van der Waals surface area contributed by atoms with Crippen LogP contribution in [0.5, 0.6) is 0 Å². The number of amides is 2. The standard InChI is InChI=1S/C30H35BrN2O2S/c1-3-4-17-32-30(35)28(19-24-9-6-5-7-10-24)33(20-26-11-8-12-27(31)18-26)29(34)22-36-21-25-15-13-23(2)14-16-25/h5-16,18,28H,3-4,17,19-22H2,1-2H3,(H,32,35)/t28-/m0/s1. The summed E-state index contributed by atoms with van der Waals surface area (Å²) in [7, 11) is 0. The maximum Gasteiger partial charge on any atom is 0.243 e. The van der Waals surface area contributed by atoms with Crippen LogP contribution in [-0.2, 0) is 28.3 Å². The molecule has 0 radical (unpaired) electrons. The summed E-state index contributed by atoms with van der Waals surface area (Å²) in [6.07, 6.45) is 2.39. The fourth-order valence-corrected chi connectivity index (χ4v) is 5.23. The molecule has 0 bridgehead atoms. The third kappa shape index (κ3) is 9.14. The molecule has 36 heavy (non-hydrogen) atoms. The number of nitrogens with one attached hydrogen (secondary N) is 1. The largest absolute Gasteiger partial charge is 0.354 e. The smallest absolute Gasteiger partial charge is 0.243 e. The molecule has 0 aliphatic heterocycles. The molecule has 1 N–H and O–H groups in total. The van der Waals surface area contributed by atoms with E-state index in [-0.39, 0.29) is 11.8 Å². The second kappa shape index (κ2) is 14.9. The number of unbranched alkanes of at least 4 members (excludes halogenated alkanes) is 1. The highest BCUT2D eigenvalue weighted by atomic mass is 79.9. The molecule has 0 aromatic heterocycles. The van der Waals surface area contributed by atoms with Gasteiger partial charge in [0.1, 0.15) is 6.04 Å². The van der Waals surface area contributed by atoms with Gasteiger partial charge in [0.25, 0.3) is 0 Å². The van der Waals surface area contributed by atoms with Gasteiger partial charge in [-0.2, -0.15) is 0 Å². The van der Waals surface area contributed by atoms with E-state index in [2.05, 4.69) is 59.4 Å². The fraction of sp³-hybridized carbons (Fsp3) is 0.333. The van der Waals surface area contributed by atoms with Crippen LogP contribution in [0.1, 0.15) is 42.0 Å². The molecule has 6 heteroatoms. The zero-order valence-electron chi connectivity index (χ0n) is 21.1. The topological polar surface area (TPSA) is 49.4 Å². The van der Waals surface area contributed by atoms with E-state index in [1.165, 1.54) is 11.1 Å². The van der Waals surface area contributed by atoms with Gasteiger partial charge in [-0.05, 0) is 42.2 Å². The SMILES string of the molecule is CCCCNC(=O)[C@H](Cc1ccccc1)N(Cc1cccc(Br)c1)C(=O)CSCc1ccc(C)cc1. The summed E-state index contributed by atoms with van der Waals surface area (Å²) in [6.45, 7) is 5.16. The van der Waals surface area contributed by atoms with Crippen LogP contribution in [-0.4, -0.2) is 35.1 Å². The molecule has 0 saturated carbocycles. The monoisotopic (exact) mass is 566 g/mol. The Kier molecular flexibility index (Phi) is 11.6. The van der Waals surface area contributed by atoms with Crippen LogP contribution in [0.3, 0.4) is 0 Å². The Labute approximate surface area is 228 Å². The molecule has 0 fully saturated rings. The van der Waals surface area contributed by atoms with E-state index >= 15 is 0 Å². The Hall–Kier alpha value is -2.57. The van der Waals surface area contributed by atoms with E-state index in [4.69, 9.17) is 0 Å². The van der Waals surface area contributed by atoms with Crippen molar-refractivity contribution in [1.29, 1.82) is 0 Å². The number of hydrogen-bond acceptors (Lipinski definition) is 3. The Morgan fingerprint density at radius 2 is 1.67 bits per heavy atom. The number of nitrogens with zero attached hydrogens (tertiary/aromatic N) is 1. The van der Waals surface area contributed by atoms with Gasteiger partial charge < -0.3 is 10.2 Å². The number of carbonyl (C=O) groups excluding carboxylic acids is 2. The van der Waals surface area contributed by atoms with E-state index < -0.39 is 6.04 Å². The number of carbonyl (C=O) groups is 2. The Balaban J connectivity index is 1.82. The maximum absolute atomic E-state index is 13.7. The van der Waals surface area contributed by atoms with Gasteiger partial charge in [0, 0.05) is 29.7 Å². The Morgan fingerprint density at radius 1 is 0.944 bits per heavy atom. The molecule has 0 spiro atoms. The van der Waals surface area contributed by atoms with Crippen LogP contribution in [0.4, 0.5) is 0 Å². The van der Waals surface area contributed by atoms with Gasteiger partial charge in [-0.1, -0.05) is 102 Å². The highest BCUT2D eigenvalue weighted by Gasteiger charge is 2.30. The minimum Gasteiger partial charge on any atom is -0.354 e. The quantitative estimate of drug-likeness (QED) is 0.239. The molecule has 4 nitrogen and oxygen atoms in total. The average Bonchev–Trinajstić information content (AvgIpc) is 2.88. The van der Waals surface area contributed by atoms with E-state index in [1.54, 1.807) is 16.7 Å². The first-order chi connectivity index (χ1) is 17.5. The number of rotatable bonds is 13. The van der Waals surface area contributed by atoms with Crippen LogP contribution in [0.25, 0.3) is 0 Å². The second-order valence-electron chi connectivity index (χ2n) is 8.98. The normalized spacial score (nSPS) is 11.6. The lowest BCUT2D eigenvalue weighted by atomic mass is 10.0. The summed E-state index contributed by atoms with van der Waals surface area (Å²) in [5.74, 6) is 0.941. The van der Waals surface area contributed by atoms with Crippen LogP contribution in [0.15, 0.2) is 83.3 Å². The van der Waals surface area contributed by atoms with Crippen LogP contribution in [0.2, 0.25) is 0 Å². The molecule has 0 heterocycles. The number of halogens is 1. The molecule has 190 valence electrons. The average molecular weight is 568 g/mol. The Morgan fingerprint density at radius 3 is 2.36 bits per heavy atom. The summed E-state index contributed by atoms with van der Waals surface area (Å²) in [6, 6.07) is 25.7. The van der Waals surface area contributed by atoms with Crippen molar-refractivity contribution in [3.63, 3.8) is 0 Å². The minimum atomic E-state index is -0.587. The van der Waals surface area contributed by atoms with Gasteiger partial charge in [-0.3, -0.25) is 9.59 Å². The summed E-state index contributed by atoms with van der Waals surface area (Å²) in [4.78, 5) is 28.8. The van der Waals surface area contributed by atoms with Gasteiger partial charge in [0.2, 0.25) is 11.8 Å². The first-order valence-corrected chi connectivity index (χ1v) is 14.4. The molecule has 3 aromatic carbocycles.